The molecule has 1 rings (SSSR count). The molecule has 1 aromatic heterocycles. The highest BCUT2D eigenvalue weighted by atomic mass is 79.9. The van der Waals surface area contributed by atoms with E-state index in [1.165, 1.54) is 0 Å². The van der Waals surface area contributed by atoms with Gasteiger partial charge in [-0.25, -0.2) is 0 Å². The van der Waals surface area contributed by atoms with Crippen molar-refractivity contribution in [3.63, 3.8) is 0 Å². The molecule has 0 saturated heterocycles. The molecule has 2 N–H and O–H groups in total. The minimum Gasteiger partial charge on any atom is -0.395 e. The molecule has 0 radical (unpaired) electrons. The molecule has 74 valence electrons. The van der Waals surface area contributed by atoms with E-state index in [0.29, 0.717) is 6.54 Å². The fourth-order valence-corrected chi connectivity index (χ4v) is 1.47. The van der Waals surface area contributed by atoms with Crippen molar-refractivity contribution >= 4 is 15.9 Å². The molecule has 0 saturated carbocycles. The van der Waals surface area contributed by atoms with Gasteiger partial charge in [-0.1, -0.05) is 6.92 Å². The second-order valence-electron chi connectivity index (χ2n) is 2.82. The number of aromatic nitrogens is 2. The van der Waals surface area contributed by atoms with Crippen molar-refractivity contribution in [1.82, 2.24) is 15.1 Å². The smallest absolute Gasteiger partial charge is 0.0632 e. The number of aliphatic hydroxyl groups is 1. The van der Waals surface area contributed by atoms with Crippen LogP contribution in [0.5, 0.6) is 0 Å². The topological polar surface area (TPSA) is 50.1 Å². The second kappa shape index (κ2) is 5.36. The van der Waals surface area contributed by atoms with Crippen LogP contribution in [0.1, 0.15) is 6.92 Å². The van der Waals surface area contributed by atoms with Crippen LogP contribution in [0.15, 0.2) is 16.9 Å². The van der Waals surface area contributed by atoms with E-state index in [-0.39, 0.29) is 12.6 Å². The van der Waals surface area contributed by atoms with Gasteiger partial charge >= 0.3 is 0 Å². The van der Waals surface area contributed by atoms with Gasteiger partial charge in [-0.3, -0.25) is 4.68 Å². The highest BCUT2D eigenvalue weighted by Gasteiger charge is 2.06. The van der Waals surface area contributed by atoms with Gasteiger partial charge in [0.2, 0.25) is 0 Å². The van der Waals surface area contributed by atoms with Gasteiger partial charge in [0.1, 0.15) is 0 Å². The Bertz CT molecular complexity index is 251. The Balaban J connectivity index is 2.46. The number of aliphatic hydroxyl groups excluding tert-OH is 1. The van der Waals surface area contributed by atoms with Crippen LogP contribution >= 0.6 is 15.9 Å². The zero-order valence-corrected chi connectivity index (χ0v) is 9.16. The lowest BCUT2D eigenvalue weighted by atomic mass is 10.3. The van der Waals surface area contributed by atoms with E-state index in [4.69, 9.17) is 5.11 Å². The predicted molar refractivity (Wildman–Crippen MR) is 54.5 cm³/mol. The number of rotatable bonds is 5. The van der Waals surface area contributed by atoms with E-state index in [1.54, 1.807) is 10.9 Å². The van der Waals surface area contributed by atoms with Crippen LogP contribution in [0.4, 0.5) is 0 Å². The molecule has 0 spiro atoms. The summed E-state index contributed by atoms with van der Waals surface area (Å²) in [6.07, 6.45) is 3.63. The van der Waals surface area contributed by atoms with Crippen LogP contribution in [0.2, 0.25) is 0 Å². The first-order valence-corrected chi connectivity index (χ1v) is 5.07. The lowest BCUT2D eigenvalue weighted by molar-refractivity contribution is 0.227. The van der Waals surface area contributed by atoms with Crippen LogP contribution in [-0.2, 0) is 6.54 Å². The molecular formula is C8H14BrN3O. The third kappa shape index (κ3) is 3.46. The van der Waals surface area contributed by atoms with E-state index in [0.717, 1.165) is 11.0 Å². The Morgan fingerprint density at radius 1 is 1.77 bits per heavy atom. The Morgan fingerprint density at radius 3 is 3.00 bits per heavy atom. The maximum absolute atomic E-state index is 9.01. The van der Waals surface area contributed by atoms with Gasteiger partial charge in [0.25, 0.3) is 0 Å². The third-order valence-corrected chi connectivity index (χ3v) is 2.13. The Labute approximate surface area is 86.1 Å². The summed E-state index contributed by atoms with van der Waals surface area (Å²) in [4.78, 5) is 0. The van der Waals surface area contributed by atoms with Crippen LogP contribution in [0, 0.1) is 0 Å². The van der Waals surface area contributed by atoms with Gasteiger partial charge < -0.3 is 10.4 Å². The fourth-order valence-electron chi connectivity index (χ4n) is 1.14. The molecule has 0 amide bonds. The molecule has 4 nitrogen and oxygen atoms in total. The minimum atomic E-state index is 0.0804. The van der Waals surface area contributed by atoms with E-state index in [1.807, 2.05) is 13.1 Å². The van der Waals surface area contributed by atoms with E-state index >= 15 is 0 Å². The molecule has 0 aromatic carbocycles. The van der Waals surface area contributed by atoms with Crippen molar-refractivity contribution in [2.24, 2.45) is 0 Å². The van der Waals surface area contributed by atoms with Gasteiger partial charge in [0, 0.05) is 12.2 Å². The molecule has 1 heterocycles. The SMILES string of the molecule is CCNC(CO)Cn1cc(Br)cn1. The zero-order chi connectivity index (χ0) is 9.68. The van der Waals surface area contributed by atoms with Crippen molar-refractivity contribution in [1.29, 1.82) is 0 Å². The molecule has 1 aromatic rings. The quantitative estimate of drug-likeness (QED) is 0.803. The summed E-state index contributed by atoms with van der Waals surface area (Å²) in [5, 5.41) is 16.3. The fraction of sp³-hybridized carbons (Fsp3) is 0.625. The molecular weight excluding hydrogens is 234 g/mol. The number of nitrogens with zero attached hydrogens (tertiary/aromatic N) is 2. The first-order valence-electron chi connectivity index (χ1n) is 4.28. The number of nitrogens with one attached hydrogen (secondary N) is 1. The summed E-state index contributed by atoms with van der Waals surface area (Å²) in [7, 11) is 0. The van der Waals surface area contributed by atoms with Crippen molar-refractivity contribution in [3.05, 3.63) is 16.9 Å². The average Bonchev–Trinajstić information content (AvgIpc) is 2.50. The van der Waals surface area contributed by atoms with Crippen LogP contribution in [0.25, 0.3) is 0 Å². The van der Waals surface area contributed by atoms with Crippen molar-refractivity contribution < 1.29 is 5.11 Å². The summed E-state index contributed by atoms with van der Waals surface area (Å²) in [5.41, 5.74) is 0. The molecule has 0 aliphatic carbocycles. The normalized spacial score (nSPS) is 13.2. The maximum Gasteiger partial charge on any atom is 0.0632 e. The molecule has 1 atom stereocenters. The zero-order valence-electron chi connectivity index (χ0n) is 7.57. The molecule has 0 aliphatic heterocycles. The number of hydrogen-bond donors (Lipinski definition) is 2. The van der Waals surface area contributed by atoms with Crippen molar-refractivity contribution in [3.8, 4) is 0 Å². The van der Waals surface area contributed by atoms with Gasteiger partial charge in [-0.2, -0.15) is 5.10 Å². The lowest BCUT2D eigenvalue weighted by Crippen LogP contribution is -2.36. The summed E-state index contributed by atoms with van der Waals surface area (Å²) in [6, 6.07) is 0.0804. The van der Waals surface area contributed by atoms with Gasteiger partial charge in [0.15, 0.2) is 0 Å². The lowest BCUT2D eigenvalue weighted by Gasteiger charge is -2.14. The molecule has 0 fully saturated rings. The largest absolute Gasteiger partial charge is 0.395 e. The number of likely N-dealkylation sites (N-methyl/N-ethyl adjacent to an activating group) is 1. The van der Waals surface area contributed by atoms with Gasteiger partial charge in [-0.15, -0.1) is 0 Å². The van der Waals surface area contributed by atoms with Crippen LogP contribution < -0.4 is 5.32 Å². The predicted octanol–water partition coefficient (Wildman–Crippen LogP) is 0.616. The van der Waals surface area contributed by atoms with E-state index < -0.39 is 0 Å². The monoisotopic (exact) mass is 247 g/mol. The summed E-state index contributed by atoms with van der Waals surface area (Å²) in [6.45, 7) is 3.69. The highest BCUT2D eigenvalue weighted by Crippen LogP contribution is 2.06. The first-order chi connectivity index (χ1) is 6.26. The Hall–Kier alpha value is -0.390. The first kappa shape index (κ1) is 10.7. The Morgan fingerprint density at radius 2 is 2.54 bits per heavy atom. The molecule has 1 unspecified atom stereocenters. The van der Waals surface area contributed by atoms with E-state index in [2.05, 4.69) is 26.3 Å². The average molecular weight is 248 g/mol. The minimum absolute atomic E-state index is 0.0804. The summed E-state index contributed by atoms with van der Waals surface area (Å²) < 4.78 is 2.76. The molecule has 0 aliphatic rings. The summed E-state index contributed by atoms with van der Waals surface area (Å²) in [5.74, 6) is 0. The second-order valence-corrected chi connectivity index (χ2v) is 3.73. The van der Waals surface area contributed by atoms with E-state index in [9.17, 15) is 0 Å². The van der Waals surface area contributed by atoms with Gasteiger partial charge in [0.05, 0.1) is 23.8 Å². The Kier molecular flexibility index (Phi) is 4.41. The van der Waals surface area contributed by atoms with Crippen molar-refractivity contribution in [2.45, 2.75) is 19.5 Å². The standard InChI is InChI=1S/C8H14BrN3O/c1-2-10-8(6-13)5-12-4-7(9)3-11-12/h3-4,8,10,13H,2,5-6H2,1H3. The number of hydrogen-bond acceptors (Lipinski definition) is 3. The van der Waals surface area contributed by atoms with Gasteiger partial charge in [-0.05, 0) is 22.5 Å². The maximum atomic E-state index is 9.01. The third-order valence-electron chi connectivity index (χ3n) is 1.72. The number of halogens is 1. The highest BCUT2D eigenvalue weighted by molar-refractivity contribution is 9.10. The summed E-state index contributed by atoms with van der Waals surface area (Å²) >= 11 is 3.32. The van der Waals surface area contributed by atoms with Crippen LogP contribution in [-0.4, -0.2) is 34.1 Å². The van der Waals surface area contributed by atoms with Crippen molar-refractivity contribution in [2.75, 3.05) is 13.2 Å². The molecule has 5 heteroatoms. The molecule has 13 heavy (non-hydrogen) atoms. The molecule has 0 bridgehead atoms. The van der Waals surface area contributed by atoms with Crippen LogP contribution in [0.3, 0.4) is 0 Å².